The van der Waals surface area contributed by atoms with Gasteiger partial charge in [-0.25, -0.2) is 0 Å². The molecule has 0 spiro atoms. The van der Waals surface area contributed by atoms with Crippen LogP contribution in [0, 0.1) is 19.8 Å². The smallest absolute Gasteiger partial charge is 0.124 e. The van der Waals surface area contributed by atoms with E-state index in [0.29, 0.717) is 12.0 Å². The third-order valence-corrected chi connectivity index (χ3v) is 4.55. The molecule has 18 heavy (non-hydrogen) atoms. The van der Waals surface area contributed by atoms with Crippen LogP contribution in [0.2, 0.25) is 5.02 Å². The standard InChI is InChI=1S/C14H21ClN2O/c1-7-4-11(18-3)12(8(2)13(7)15)14(17)9-5-10(16)6-9/h4,9-10,14H,5-6,16-17H2,1-3H3. The minimum atomic E-state index is -0.0437. The molecule has 4 N–H and O–H groups in total. The maximum atomic E-state index is 6.36. The van der Waals surface area contributed by atoms with Crippen molar-refractivity contribution in [1.29, 1.82) is 0 Å². The first-order chi connectivity index (χ1) is 8.45. The Balaban J connectivity index is 2.39. The fourth-order valence-corrected chi connectivity index (χ4v) is 2.91. The molecule has 1 saturated carbocycles. The van der Waals surface area contributed by atoms with Crippen LogP contribution in [0.4, 0.5) is 0 Å². The van der Waals surface area contributed by atoms with Gasteiger partial charge in [-0.05, 0) is 49.8 Å². The third-order valence-electron chi connectivity index (χ3n) is 3.96. The summed E-state index contributed by atoms with van der Waals surface area (Å²) < 4.78 is 5.46. The molecule has 100 valence electrons. The molecule has 1 aliphatic carbocycles. The fourth-order valence-electron chi connectivity index (χ4n) is 2.76. The number of nitrogens with two attached hydrogens (primary N) is 2. The van der Waals surface area contributed by atoms with Gasteiger partial charge in [0.25, 0.3) is 0 Å². The van der Waals surface area contributed by atoms with Crippen molar-refractivity contribution < 1.29 is 4.74 Å². The number of hydrogen-bond acceptors (Lipinski definition) is 3. The highest BCUT2D eigenvalue weighted by molar-refractivity contribution is 6.32. The molecule has 1 aromatic carbocycles. The second-order valence-corrected chi connectivity index (χ2v) is 5.64. The van der Waals surface area contributed by atoms with E-state index in [0.717, 1.165) is 40.3 Å². The zero-order valence-corrected chi connectivity index (χ0v) is 11.9. The summed E-state index contributed by atoms with van der Waals surface area (Å²) in [5.74, 6) is 1.27. The van der Waals surface area contributed by atoms with E-state index >= 15 is 0 Å². The van der Waals surface area contributed by atoms with Gasteiger partial charge in [0.1, 0.15) is 5.75 Å². The number of benzene rings is 1. The Labute approximate surface area is 113 Å². The summed E-state index contributed by atoms with van der Waals surface area (Å²) in [6.07, 6.45) is 1.96. The second kappa shape index (κ2) is 5.08. The molecule has 0 heterocycles. The van der Waals surface area contributed by atoms with Crippen LogP contribution in [0.5, 0.6) is 5.75 Å². The molecule has 0 aromatic heterocycles. The minimum Gasteiger partial charge on any atom is -0.496 e. The van der Waals surface area contributed by atoms with Gasteiger partial charge in [0.05, 0.1) is 7.11 Å². The van der Waals surface area contributed by atoms with Crippen LogP contribution in [-0.2, 0) is 0 Å². The number of aryl methyl sites for hydroxylation is 1. The van der Waals surface area contributed by atoms with Crippen molar-refractivity contribution in [2.75, 3.05) is 7.11 Å². The molecule has 1 aromatic rings. The normalized spacial score (nSPS) is 24.6. The van der Waals surface area contributed by atoms with E-state index in [1.54, 1.807) is 7.11 Å². The van der Waals surface area contributed by atoms with E-state index in [-0.39, 0.29) is 6.04 Å². The lowest BCUT2D eigenvalue weighted by molar-refractivity contribution is 0.220. The molecule has 3 nitrogen and oxygen atoms in total. The quantitative estimate of drug-likeness (QED) is 0.886. The van der Waals surface area contributed by atoms with Crippen LogP contribution < -0.4 is 16.2 Å². The van der Waals surface area contributed by atoms with E-state index in [1.807, 2.05) is 19.9 Å². The Hall–Kier alpha value is -0.770. The summed E-state index contributed by atoms with van der Waals surface area (Å²) in [6, 6.07) is 2.22. The highest BCUT2D eigenvalue weighted by atomic mass is 35.5. The van der Waals surface area contributed by atoms with Crippen LogP contribution >= 0.6 is 11.6 Å². The molecule has 2 rings (SSSR count). The minimum absolute atomic E-state index is 0.0437. The molecule has 0 bridgehead atoms. The van der Waals surface area contributed by atoms with Crippen molar-refractivity contribution in [1.82, 2.24) is 0 Å². The van der Waals surface area contributed by atoms with Gasteiger partial charge >= 0.3 is 0 Å². The van der Waals surface area contributed by atoms with Crippen LogP contribution in [-0.4, -0.2) is 13.2 Å². The summed E-state index contributed by atoms with van der Waals surface area (Å²) in [6.45, 7) is 3.98. The second-order valence-electron chi connectivity index (χ2n) is 5.27. The van der Waals surface area contributed by atoms with E-state index in [9.17, 15) is 0 Å². The average molecular weight is 269 g/mol. The number of ether oxygens (including phenoxy) is 1. The first kappa shape index (κ1) is 13.7. The summed E-state index contributed by atoms with van der Waals surface area (Å²) in [5.41, 5.74) is 15.3. The van der Waals surface area contributed by atoms with Crippen molar-refractivity contribution in [3.05, 3.63) is 27.8 Å². The molecule has 0 amide bonds. The van der Waals surface area contributed by atoms with E-state index in [1.165, 1.54) is 0 Å². The predicted octanol–water partition coefficient (Wildman–Crippen LogP) is 2.70. The van der Waals surface area contributed by atoms with Gasteiger partial charge in [-0.2, -0.15) is 0 Å². The lowest BCUT2D eigenvalue weighted by Crippen LogP contribution is -2.42. The Morgan fingerprint density at radius 1 is 1.39 bits per heavy atom. The van der Waals surface area contributed by atoms with Crippen molar-refractivity contribution in [2.24, 2.45) is 17.4 Å². The third kappa shape index (κ3) is 2.22. The Morgan fingerprint density at radius 2 is 2.00 bits per heavy atom. The van der Waals surface area contributed by atoms with E-state index in [2.05, 4.69) is 0 Å². The Kier molecular flexibility index (Phi) is 3.85. The van der Waals surface area contributed by atoms with Crippen molar-refractivity contribution >= 4 is 11.6 Å². The van der Waals surface area contributed by atoms with E-state index in [4.69, 9.17) is 27.8 Å². The molecular weight excluding hydrogens is 248 g/mol. The SMILES string of the molecule is COc1cc(C)c(Cl)c(C)c1C(N)C1CC(N)C1. The van der Waals surface area contributed by atoms with Gasteiger partial charge in [-0.15, -0.1) is 0 Å². The van der Waals surface area contributed by atoms with Crippen molar-refractivity contribution in [3.63, 3.8) is 0 Å². The summed E-state index contributed by atoms with van der Waals surface area (Å²) >= 11 is 6.31. The molecule has 4 heteroatoms. The van der Waals surface area contributed by atoms with Crippen molar-refractivity contribution in [2.45, 2.75) is 38.8 Å². The zero-order chi connectivity index (χ0) is 13.4. The topological polar surface area (TPSA) is 61.3 Å². The van der Waals surface area contributed by atoms with Crippen LogP contribution in [0.15, 0.2) is 6.07 Å². The molecular formula is C14H21ClN2O. The Bertz CT molecular complexity index is 456. The first-order valence-electron chi connectivity index (χ1n) is 6.30. The molecule has 1 unspecified atom stereocenters. The van der Waals surface area contributed by atoms with Crippen molar-refractivity contribution in [3.8, 4) is 5.75 Å². The van der Waals surface area contributed by atoms with Crippen LogP contribution in [0.25, 0.3) is 0 Å². The molecule has 1 atom stereocenters. The molecule has 1 fully saturated rings. The summed E-state index contributed by atoms with van der Waals surface area (Å²) in [5, 5.41) is 0.782. The maximum absolute atomic E-state index is 6.36. The molecule has 1 aliphatic rings. The number of methoxy groups -OCH3 is 1. The highest BCUT2D eigenvalue weighted by Crippen LogP contribution is 2.42. The number of halogens is 1. The largest absolute Gasteiger partial charge is 0.496 e. The average Bonchev–Trinajstić information content (AvgIpc) is 2.30. The highest BCUT2D eigenvalue weighted by Gasteiger charge is 2.34. The van der Waals surface area contributed by atoms with Gasteiger partial charge in [-0.1, -0.05) is 11.6 Å². The maximum Gasteiger partial charge on any atom is 0.124 e. The Morgan fingerprint density at radius 3 is 2.50 bits per heavy atom. The van der Waals surface area contributed by atoms with Crippen LogP contribution in [0.1, 0.15) is 35.6 Å². The number of hydrogen-bond donors (Lipinski definition) is 2. The summed E-state index contributed by atoms with van der Waals surface area (Å²) in [7, 11) is 1.67. The molecule has 0 radical (unpaired) electrons. The lowest BCUT2D eigenvalue weighted by Gasteiger charge is -2.38. The van der Waals surface area contributed by atoms with Gasteiger partial charge in [-0.3, -0.25) is 0 Å². The number of rotatable bonds is 3. The van der Waals surface area contributed by atoms with Gasteiger partial charge in [0, 0.05) is 22.7 Å². The first-order valence-corrected chi connectivity index (χ1v) is 6.68. The monoisotopic (exact) mass is 268 g/mol. The fraction of sp³-hybridized carbons (Fsp3) is 0.571. The molecule has 0 saturated heterocycles. The van der Waals surface area contributed by atoms with Gasteiger partial charge in [0.15, 0.2) is 0 Å². The predicted molar refractivity (Wildman–Crippen MR) is 75.1 cm³/mol. The van der Waals surface area contributed by atoms with Gasteiger partial charge < -0.3 is 16.2 Å². The summed E-state index contributed by atoms with van der Waals surface area (Å²) in [4.78, 5) is 0. The van der Waals surface area contributed by atoms with Gasteiger partial charge in [0.2, 0.25) is 0 Å². The molecule has 0 aliphatic heterocycles. The van der Waals surface area contributed by atoms with Crippen LogP contribution in [0.3, 0.4) is 0 Å². The van der Waals surface area contributed by atoms with E-state index < -0.39 is 0 Å². The lowest BCUT2D eigenvalue weighted by atomic mass is 9.73. The zero-order valence-electron chi connectivity index (χ0n) is 11.2.